The smallest absolute Gasteiger partial charge is 0.0937 e. The molecule has 1 aliphatic rings. The first-order valence-electron chi connectivity index (χ1n) is 5.66. The van der Waals surface area contributed by atoms with Crippen molar-refractivity contribution < 1.29 is 0 Å². The van der Waals surface area contributed by atoms with Crippen molar-refractivity contribution in [2.24, 2.45) is 11.8 Å². The molecule has 0 radical (unpaired) electrons. The molecule has 1 aliphatic heterocycles. The highest BCUT2D eigenvalue weighted by Crippen LogP contribution is 2.14. The third-order valence-electron chi connectivity index (χ3n) is 3.08. The summed E-state index contributed by atoms with van der Waals surface area (Å²) in [5, 5.41) is 10.2. The molecule has 0 bridgehead atoms. The molecular formula is C11H19N3S. The minimum Gasteiger partial charge on any atom is -0.316 e. The van der Waals surface area contributed by atoms with Crippen molar-refractivity contribution in [1.82, 2.24) is 15.6 Å². The Bertz CT molecular complexity index is 273. The van der Waals surface area contributed by atoms with Crippen molar-refractivity contribution in [2.45, 2.75) is 13.3 Å². The molecule has 1 aromatic heterocycles. The molecule has 0 aromatic carbocycles. The zero-order valence-electron chi connectivity index (χ0n) is 9.20. The Morgan fingerprint density at radius 3 is 3.20 bits per heavy atom. The van der Waals surface area contributed by atoms with Crippen LogP contribution < -0.4 is 10.6 Å². The number of aromatic nitrogens is 1. The van der Waals surface area contributed by atoms with Gasteiger partial charge in [-0.3, -0.25) is 0 Å². The second kappa shape index (κ2) is 5.58. The van der Waals surface area contributed by atoms with Gasteiger partial charge in [-0.2, -0.15) is 0 Å². The van der Waals surface area contributed by atoms with E-state index in [1.165, 1.54) is 18.1 Å². The van der Waals surface area contributed by atoms with Crippen LogP contribution in [-0.2, 0) is 6.42 Å². The lowest BCUT2D eigenvalue weighted by atomic mass is 9.98. The van der Waals surface area contributed by atoms with Crippen molar-refractivity contribution in [1.29, 1.82) is 0 Å². The summed E-state index contributed by atoms with van der Waals surface area (Å²) >= 11 is 1.74. The van der Waals surface area contributed by atoms with Crippen LogP contribution in [0.25, 0.3) is 0 Å². The maximum Gasteiger partial charge on any atom is 0.0937 e. The van der Waals surface area contributed by atoms with Gasteiger partial charge in [0, 0.05) is 24.5 Å². The first-order chi connectivity index (χ1) is 7.36. The molecule has 84 valence electrons. The van der Waals surface area contributed by atoms with Crippen LogP contribution in [0.4, 0.5) is 0 Å². The summed E-state index contributed by atoms with van der Waals surface area (Å²) in [5.41, 5.74) is 0. The average molecular weight is 225 g/mol. The lowest BCUT2D eigenvalue weighted by Crippen LogP contribution is -2.28. The van der Waals surface area contributed by atoms with E-state index in [2.05, 4.69) is 22.5 Å². The molecule has 2 N–H and O–H groups in total. The Hall–Kier alpha value is -0.450. The summed E-state index contributed by atoms with van der Waals surface area (Å²) in [5.74, 6) is 1.62. The molecule has 2 unspecified atom stereocenters. The largest absolute Gasteiger partial charge is 0.316 e. The zero-order chi connectivity index (χ0) is 10.5. The van der Waals surface area contributed by atoms with Gasteiger partial charge in [0.15, 0.2) is 0 Å². The van der Waals surface area contributed by atoms with Crippen molar-refractivity contribution in [2.75, 3.05) is 26.2 Å². The van der Waals surface area contributed by atoms with E-state index >= 15 is 0 Å². The fraction of sp³-hybridized carbons (Fsp3) is 0.727. The Morgan fingerprint density at radius 1 is 1.60 bits per heavy atom. The maximum absolute atomic E-state index is 4.27. The van der Waals surface area contributed by atoms with Crippen LogP contribution in [0.2, 0.25) is 0 Å². The lowest BCUT2D eigenvalue weighted by Gasteiger charge is -2.14. The fourth-order valence-corrected chi connectivity index (χ4v) is 2.62. The summed E-state index contributed by atoms with van der Waals surface area (Å²) in [6.45, 7) is 6.87. The molecular weight excluding hydrogens is 206 g/mol. The Morgan fingerprint density at radius 2 is 2.53 bits per heavy atom. The molecule has 1 saturated heterocycles. The SMILES string of the molecule is CC1CNCC1CNCCc1nccs1. The van der Waals surface area contributed by atoms with Crippen LogP contribution >= 0.6 is 11.3 Å². The molecule has 0 aliphatic carbocycles. The van der Waals surface area contributed by atoms with E-state index in [-0.39, 0.29) is 0 Å². The predicted molar refractivity (Wildman–Crippen MR) is 64.2 cm³/mol. The Kier molecular flexibility index (Phi) is 4.11. The number of nitrogens with one attached hydrogen (secondary N) is 2. The van der Waals surface area contributed by atoms with Gasteiger partial charge in [0.05, 0.1) is 5.01 Å². The van der Waals surface area contributed by atoms with E-state index in [0.717, 1.165) is 31.3 Å². The maximum atomic E-state index is 4.27. The van der Waals surface area contributed by atoms with E-state index in [1.807, 2.05) is 11.6 Å². The van der Waals surface area contributed by atoms with Gasteiger partial charge in [-0.15, -0.1) is 11.3 Å². The third kappa shape index (κ3) is 3.26. The minimum atomic E-state index is 0.807. The van der Waals surface area contributed by atoms with Crippen molar-refractivity contribution in [3.63, 3.8) is 0 Å². The molecule has 1 fully saturated rings. The van der Waals surface area contributed by atoms with Crippen molar-refractivity contribution >= 4 is 11.3 Å². The van der Waals surface area contributed by atoms with E-state index < -0.39 is 0 Å². The topological polar surface area (TPSA) is 37.0 Å². The van der Waals surface area contributed by atoms with E-state index in [4.69, 9.17) is 0 Å². The Balaban J connectivity index is 1.59. The molecule has 2 heterocycles. The predicted octanol–water partition coefficient (Wildman–Crippen LogP) is 1.13. The van der Waals surface area contributed by atoms with Crippen LogP contribution in [0.15, 0.2) is 11.6 Å². The number of hydrogen-bond donors (Lipinski definition) is 2. The van der Waals surface area contributed by atoms with E-state index in [0.29, 0.717) is 0 Å². The van der Waals surface area contributed by atoms with Gasteiger partial charge in [0.2, 0.25) is 0 Å². The molecule has 0 spiro atoms. The molecule has 2 atom stereocenters. The van der Waals surface area contributed by atoms with Crippen LogP contribution in [0.3, 0.4) is 0 Å². The molecule has 15 heavy (non-hydrogen) atoms. The molecule has 0 amide bonds. The lowest BCUT2D eigenvalue weighted by molar-refractivity contribution is 0.422. The summed E-state index contributed by atoms with van der Waals surface area (Å²) in [6.07, 6.45) is 2.94. The van der Waals surface area contributed by atoms with Gasteiger partial charge < -0.3 is 10.6 Å². The summed E-state index contributed by atoms with van der Waals surface area (Å²) in [7, 11) is 0. The Labute approximate surface area is 95.3 Å². The first kappa shape index (κ1) is 11.0. The normalized spacial score (nSPS) is 25.9. The number of hydrogen-bond acceptors (Lipinski definition) is 4. The summed E-state index contributed by atoms with van der Waals surface area (Å²) in [6, 6.07) is 0. The number of rotatable bonds is 5. The van der Waals surface area contributed by atoms with Gasteiger partial charge in [-0.25, -0.2) is 4.98 Å². The first-order valence-corrected chi connectivity index (χ1v) is 6.54. The van der Waals surface area contributed by atoms with Gasteiger partial charge in [-0.05, 0) is 31.5 Å². The molecule has 4 heteroatoms. The van der Waals surface area contributed by atoms with Crippen molar-refractivity contribution in [3.8, 4) is 0 Å². The highest BCUT2D eigenvalue weighted by Gasteiger charge is 2.21. The fourth-order valence-electron chi connectivity index (χ4n) is 2.00. The average Bonchev–Trinajstić information content (AvgIpc) is 2.85. The molecule has 1 aromatic rings. The molecule has 0 saturated carbocycles. The summed E-state index contributed by atoms with van der Waals surface area (Å²) in [4.78, 5) is 4.27. The monoisotopic (exact) mass is 225 g/mol. The van der Waals surface area contributed by atoms with Crippen LogP contribution in [0.5, 0.6) is 0 Å². The van der Waals surface area contributed by atoms with Crippen LogP contribution in [0, 0.1) is 11.8 Å². The number of thiazole rings is 1. The minimum absolute atomic E-state index is 0.807. The van der Waals surface area contributed by atoms with Gasteiger partial charge in [0.25, 0.3) is 0 Å². The second-order valence-corrected chi connectivity index (χ2v) is 5.25. The number of nitrogens with zero attached hydrogens (tertiary/aromatic N) is 1. The summed E-state index contributed by atoms with van der Waals surface area (Å²) < 4.78 is 0. The van der Waals surface area contributed by atoms with Gasteiger partial charge in [0.1, 0.15) is 0 Å². The zero-order valence-corrected chi connectivity index (χ0v) is 10.0. The van der Waals surface area contributed by atoms with E-state index in [1.54, 1.807) is 11.3 Å². The van der Waals surface area contributed by atoms with Gasteiger partial charge in [-0.1, -0.05) is 6.92 Å². The van der Waals surface area contributed by atoms with E-state index in [9.17, 15) is 0 Å². The van der Waals surface area contributed by atoms with Crippen LogP contribution in [0.1, 0.15) is 11.9 Å². The van der Waals surface area contributed by atoms with Crippen LogP contribution in [-0.4, -0.2) is 31.2 Å². The quantitative estimate of drug-likeness (QED) is 0.738. The highest BCUT2D eigenvalue weighted by atomic mass is 32.1. The second-order valence-electron chi connectivity index (χ2n) is 4.28. The third-order valence-corrected chi connectivity index (χ3v) is 3.92. The van der Waals surface area contributed by atoms with Crippen molar-refractivity contribution in [3.05, 3.63) is 16.6 Å². The molecule has 2 rings (SSSR count). The highest BCUT2D eigenvalue weighted by molar-refractivity contribution is 7.09. The standard InChI is InChI=1S/C11H19N3S/c1-9-6-13-8-10(9)7-12-3-2-11-14-4-5-15-11/h4-5,9-10,12-13H,2-3,6-8H2,1H3. The molecule has 3 nitrogen and oxygen atoms in total. The van der Waals surface area contributed by atoms with Gasteiger partial charge >= 0.3 is 0 Å².